The summed E-state index contributed by atoms with van der Waals surface area (Å²) in [6.45, 7) is 2.07. The van der Waals surface area contributed by atoms with E-state index in [1.54, 1.807) is 0 Å². The van der Waals surface area contributed by atoms with Crippen LogP contribution in [0.5, 0.6) is 0 Å². The molecule has 0 spiro atoms. The van der Waals surface area contributed by atoms with Gasteiger partial charge in [0.1, 0.15) is 11.3 Å². The van der Waals surface area contributed by atoms with Crippen LogP contribution in [0.4, 0.5) is 0 Å². The Morgan fingerprint density at radius 3 is 2.60 bits per heavy atom. The fraction of sp³-hybridized carbons (Fsp3) is 0.222. The van der Waals surface area contributed by atoms with Gasteiger partial charge in [-0.1, -0.05) is 48.5 Å². The maximum atomic E-state index is 6.23. The van der Waals surface area contributed by atoms with Gasteiger partial charge in [-0.05, 0) is 30.5 Å². The summed E-state index contributed by atoms with van der Waals surface area (Å²) < 4.78 is 5.93. The van der Waals surface area contributed by atoms with Gasteiger partial charge in [-0.3, -0.25) is 0 Å². The minimum absolute atomic E-state index is 0.0607. The molecule has 1 aromatic heterocycles. The third-order valence-electron chi connectivity index (χ3n) is 3.72. The molecule has 0 saturated heterocycles. The number of benzene rings is 2. The van der Waals surface area contributed by atoms with Crippen LogP contribution >= 0.6 is 0 Å². The van der Waals surface area contributed by atoms with Crippen LogP contribution in [0.15, 0.2) is 59.0 Å². The minimum atomic E-state index is 0.0607. The average Bonchev–Trinajstić information content (AvgIpc) is 2.90. The molecule has 0 radical (unpaired) electrons. The zero-order valence-corrected chi connectivity index (χ0v) is 11.7. The lowest BCUT2D eigenvalue weighted by molar-refractivity contribution is 0.517. The third-order valence-corrected chi connectivity index (χ3v) is 3.72. The Hall–Kier alpha value is -2.06. The summed E-state index contributed by atoms with van der Waals surface area (Å²) in [5, 5.41) is 1.17. The quantitative estimate of drug-likeness (QED) is 0.760. The Morgan fingerprint density at radius 2 is 1.85 bits per heavy atom. The second-order valence-electron chi connectivity index (χ2n) is 5.26. The number of fused-ring (bicyclic) bond motifs is 1. The van der Waals surface area contributed by atoms with E-state index in [9.17, 15) is 0 Å². The summed E-state index contributed by atoms with van der Waals surface area (Å²) in [7, 11) is 0. The number of nitrogens with two attached hydrogens (primary N) is 1. The molecule has 0 aliphatic carbocycles. The highest BCUT2D eigenvalue weighted by Crippen LogP contribution is 2.25. The molecule has 0 aliphatic heterocycles. The van der Waals surface area contributed by atoms with Crippen molar-refractivity contribution >= 4 is 11.0 Å². The van der Waals surface area contributed by atoms with E-state index in [1.807, 2.05) is 18.2 Å². The van der Waals surface area contributed by atoms with Gasteiger partial charge in [0.25, 0.3) is 0 Å². The van der Waals surface area contributed by atoms with Crippen molar-refractivity contribution in [2.45, 2.75) is 25.8 Å². The van der Waals surface area contributed by atoms with Crippen LogP contribution in [0.25, 0.3) is 11.0 Å². The molecule has 1 unspecified atom stereocenters. The predicted octanol–water partition coefficient (Wildman–Crippen LogP) is 4.37. The first-order valence-corrected chi connectivity index (χ1v) is 7.02. The summed E-state index contributed by atoms with van der Waals surface area (Å²) in [5.74, 6) is 1.01. The van der Waals surface area contributed by atoms with Crippen LogP contribution in [0.2, 0.25) is 0 Å². The largest absolute Gasteiger partial charge is 0.461 e. The molecule has 3 rings (SSSR count). The van der Waals surface area contributed by atoms with E-state index in [4.69, 9.17) is 10.2 Å². The van der Waals surface area contributed by atoms with Gasteiger partial charge in [0.2, 0.25) is 0 Å². The zero-order chi connectivity index (χ0) is 13.9. The highest BCUT2D eigenvalue weighted by molar-refractivity contribution is 5.80. The lowest BCUT2D eigenvalue weighted by Gasteiger charge is -2.10. The summed E-state index contributed by atoms with van der Waals surface area (Å²) in [6.07, 6.45) is 1.76. The fourth-order valence-corrected chi connectivity index (χ4v) is 2.55. The number of hydrogen-bond acceptors (Lipinski definition) is 2. The summed E-state index contributed by atoms with van der Waals surface area (Å²) in [6, 6.07) is 18.6. The van der Waals surface area contributed by atoms with E-state index in [1.165, 1.54) is 16.5 Å². The van der Waals surface area contributed by atoms with Crippen molar-refractivity contribution in [2.75, 3.05) is 0 Å². The molecule has 0 saturated carbocycles. The number of aryl methyl sites for hydroxylation is 2. The maximum absolute atomic E-state index is 6.23. The molecule has 0 aliphatic rings. The van der Waals surface area contributed by atoms with Crippen LogP contribution in [-0.2, 0) is 6.42 Å². The van der Waals surface area contributed by atoms with Crippen molar-refractivity contribution in [1.29, 1.82) is 0 Å². The van der Waals surface area contributed by atoms with E-state index in [-0.39, 0.29) is 6.04 Å². The Morgan fingerprint density at radius 1 is 1.05 bits per heavy atom. The van der Waals surface area contributed by atoms with Crippen LogP contribution in [0.3, 0.4) is 0 Å². The molecule has 20 heavy (non-hydrogen) atoms. The molecular weight excluding hydrogens is 246 g/mol. The fourth-order valence-electron chi connectivity index (χ4n) is 2.55. The Bertz CT molecular complexity index is 700. The Kier molecular flexibility index (Phi) is 3.57. The van der Waals surface area contributed by atoms with E-state index >= 15 is 0 Å². The monoisotopic (exact) mass is 265 g/mol. The van der Waals surface area contributed by atoms with E-state index in [0.717, 1.165) is 24.2 Å². The van der Waals surface area contributed by atoms with Crippen molar-refractivity contribution in [3.8, 4) is 0 Å². The number of hydrogen-bond donors (Lipinski definition) is 1. The molecule has 2 nitrogen and oxygen atoms in total. The first-order chi connectivity index (χ1) is 9.74. The second-order valence-corrected chi connectivity index (χ2v) is 5.26. The van der Waals surface area contributed by atoms with E-state index in [0.29, 0.717) is 0 Å². The van der Waals surface area contributed by atoms with Gasteiger partial charge in [0.05, 0.1) is 0 Å². The highest BCUT2D eigenvalue weighted by atomic mass is 16.3. The highest BCUT2D eigenvalue weighted by Gasteiger charge is 2.09. The Labute approximate surface area is 119 Å². The number of para-hydroxylation sites is 1. The average molecular weight is 265 g/mol. The SMILES string of the molecule is Cc1cccc2cc(CCC(N)c3ccccc3)oc12. The van der Waals surface area contributed by atoms with Gasteiger partial charge in [0.15, 0.2) is 0 Å². The molecule has 2 N–H and O–H groups in total. The summed E-state index contributed by atoms with van der Waals surface area (Å²) >= 11 is 0. The predicted molar refractivity (Wildman–Crippen MR) is 82.6 cm³/mol. The number of rotatable bonds is 4. The van der Waals surface area contributed by atoms with Gasteiger partial charge < -0.3 is 10.2 Å². The minimum Gasteiger partial charge on any atom is -0.461 e. The van der Waals surface area contributed by atoms with Gasteiger partial charge in [-0.2, -0.15) is 0 Å². The van der Waals surface area contributed by atoms with Gasteiger partial charge in [0, 0.05) is 17.8 Å². The Balaban J connectivity index is 1.72. The lowest BCUT2D eigenvalue weighted by atomic mass is 10.0. The number of furan rings is 1. The standard InChI is InChI=1S/C18H19NO/c1-13-6-5-9-15-12-16(20-18(13)15)10-11-17(19)14-7-3-2-4-8-14/h2-9,12,17H,10-11,19H2,1H3. The normalized spacial score (nSPS) is 12.7. The summed E-state index contributed by atoms with van der Waals surface area (Å²) in [5.41, 5.74) is 9.58. The molecule has 2 heteroatoms. The molecule has 0 bridgehead atoms. The van der Waals surface area contributed by atoms with Crippen LogP contribution in [-0.4, -0.2) is 0 Å². The van der Waals surface area contributed by atoms with E-state index < -0.39 is 0 Å². The molecular formula is C18H19NO. The third kappa shape index (κ3) is 2.61. The van der Waals surface area contributed by atoms with E-state index in [2.05, 4.69) is 43.3 Å². The molecule has 3 aromatic rings. The molecule has 0 fully saturated rings. The smallest absolute Gasteiger partial charge is 0.137 e. The lowest BCUT2D eigenvalue weighted by Crippen LogP contribution is -2.10. The molecule has 1 atom stereocenters. The van der Waals surface area contributed by atoms with Crippen LogP contribution in [0, 0.1) is 6.92 Å². The second kappa shape index (κ2) is 5.51. The topological polar surface area (TPSA) is 39.2 Å². The molecule has 102 valence electrons. The van der Waals surface area contributed by atoms with Gasteiger partial charge >= 0.3 is 0 Å². The maximum Gasteiger partial charge on any atom is 0.137 e. The van der Waals surface area contributed by atoms with Crippen molar-refractivity contribution in [2.24, 2.45) is 5.73 Å². The van der Waals surface area contributed by atoms with Crippen molar-refractivity contribution in [1.82, 2.24) is 0 Å². The van der Waals surface area contributed by atoms with Crippen LogP contribution < -0.4 is 5.73 Å². The molecule has 1 heterocycles. The van der Waals surface area contributed by atoms with Gasteiger partial charge in [-0.25, -0.2) is 0 Å². The van der Waals surface area contributed by atoms with Crippen LogP contribution in [0.1, 0.15) is 29.3 Å². The summed E-state index contributed by atoms with van der Waals surface area (Å²) in [4.78, 5) is 0. The molecule has 0 amide bonds. The zero-order valence-electron chi connectivity index (χ0n) is 11.7. The first-order valence-electron chi connectivity index (χ1n) is 7.02. The first kappa shape index (κ1) is 12.9. The van der Waals surface area contributed by atoms with Crippen molar-refractivity contribution < 1.29 is 4.42 Å². The van der Waals surface area contributed by atoms with Gasteiger partial charge in [-0.15, -0.1) is 0 Å². The van der Waals surface area contributed by atoms with Crippen molar-refractivity contribution in [3.05, 3.63) is 71.5 Å². The van der Waals surface area contributed by atoms with Crippen molar-refractivity contribution in [3.63, 3.8) is 0 Å². The molecule has 2 aromatic carbocycles.